The number of halogens is 1. The molecule has 5 heteroatoms. The molecular weight excluding hydrogens is 262 g/mol. The highest BCUT2D eigenvalue weighted by Crippen LogP contribution is 2.25. The summed E-state index contributed by atoms with van der Waals surface area (Å²) in [7, 11) is 3.50. The van der Waals surface area contributed by atoms with Gasteiger partial charge in [0, 0.05) is 24.7 Å². The van der Waals surface area contributed by atoms with Crippen molar-refractivity contribution in [3.8, 4) is 5.88 Å². The molecule has 4 nitrogen and oxygen atoms in total. The summed E-state index contributed by atoms with van der Waals surface area (Å²) in [6.07, 6.45) is 0. The predicted molar refractivity (Wildman–Crippen MR) is 78.8 cm³/mol. The Labute approximate surface area is 117 Å². The molecule has 0 unspecified atom stereocenters. The van der Waals surface area contributed by atoms with Crippen LogP contribution < -0.4 is 15.4 Å². The van der Waals surface area contributed by atoms with Crippen LogP contribution >= 0.6 is 11.6 Å². The monoisotopic (exact) mass is 277 g/mol. The van der Waals surface area contributed by atoms with Gasteiger partial charge in [-0.15, -0.1) is 0 Å². The van der Waals surface area contributed by atoms with Crippen LogP contribution in [0.2, 0.25) is 5.02 Å². The molecule has 0 amide bonds. The summed E-state index contributed by atoms with van der Waals surface area (Å²) in [5.41, 5.74) is 7.57. The molecule has 100 valence electrons. The zero-order valence-electron chi connectivity index (χ0n) is 10.9. The van der Waals surface area contributed by atoms with Gasteiger partial charge < -0.3 is 15.4 Å². The fourth-order valence-corrected chi connectivity index (χ4v) is 2.01. The van der Waals surface area contributed by atoms with E-state index in [0.29, 0.717) is 23.9 Å². The van der Waals surface area contributed by atoms with E-state index in [4.69, 9.17) is 22.1 Å². The molecule has 0 saturated heterocycles. The first-order valence-corrected chi connectivity index (χ1v) is 6.24. The Bertz CT molecular complexity index is 574. The average Bonchev–Trinajstić information content (AvgIpc) is 2.42. The minimum atomic E-state index is 0.537. The SMILES string of the molecule is COc1ccc(N)c(N(C)Cc2ccccc2Cl)n1. The van der Waals surface area contributed by atoms with E-state index in [-0.39, 0.29) is 0 Å². The van der Waals surface area contributed by atoms with Gasteiger partial charge in [0.05, 0.1) is 12.8 Å². The third-order valence-corrected chi connectivity index (χ3v) is 3.18. The molecular formula is C14H16ClN3O. The highest BCUT2D eigenvalue weighted by molar-refractivity contribution is 6.31. The summed E-state index contributed by atoms with van der Waals surface area (Å²) in [5, 5.41) is 0.732. The molecule has 1 heterocycles. The second kappa shape index (κ2) is 5.80. The maximum atomic E-state index is 6.15. The van der Waals surface area contributed by atoms with Crippen LogP contribution in [0.5, 0.6) is 5.88 Å². The molecule has 0 radical (unpaired) electrons. The largest absolute Gasteiger partial charge is 0.481 e. The summed E-state index contributed by atoms with van der Waals surface area (Å²) < 4.78 is 5.11. The number of anilines is 2. The van der Waals surface area contributed by atoms with Crippen molar-refractivity contribution in [2.24, 2.45) is 0 Å². The number of ether oxygens (including phenoxy) is 1. The molecule has 1 aromatic heterocycles. The maximum Gasteiger partial charge on any atom is 0.215 e. The zero-order chi connectivity index (χ0) is 13.8. The second-order valence-electron chi connectivity index (χ2n) is 4.21. The predicted octanol–water partition coefficient (Wildman–Crippen LogP) is 2.96. The van der Waals surface area contributed by atoms with E-state index in [1.807, 2.05) is 36.2 Å². The molecule has 2 N–H and O–H groups in total. The van der Waals surface area contributed by atoms with Gasteiger partial charge in [-0.3, -0.25) is 0 Å². The van der Waals surface area contributed by atoms with Gasteiger partial charge in [-0.2, -0.15) is 4.98 Å². The lowest BCUT2D eigenvalue weighted by molar-refractivity contribution is 0.398. The Hall–Kier alpha value is -1.94. The number of nitrogen functional groups attached to an aromatic ring is 1. The van der Waals surface area contributed by atoms with Gasteiger partial charge in [0.25, 0.3) is 0 Å². The Morgan fingerprint density at radius 1 is 1.26 bits per heavy atom. The number of aromatic nitrogens is 1. The minimum absolute atomic E-state index is 0.537. The molecule has 19 heavy (non-hydrogen) atoms. The van der Waals surface area contributed by atoms with Crippen LogP contribution in [0.1, 0.15) is 5.56 Å². The molecule has 0 aliphatic heterocycles. The number of hydrogen-bond acceptors (Lipinski definition) is 4. The topological polar surface area (TPSA) is 51.4 Å². The zero-order valence-corrected chi connectivity index (χ0v) is 11.7. The first-order chi connectivity index (χ1) is 9.11. The van der Waals surface area contributed by atoms with Crippen molar-refractivity contribution in [1.29, 1.82) is 0 Å². The molecule has 0 spiro atoms. The van der Waals surface area contributed by atoms with Crippen molar-refractivity contribution >= 4 is 23.1 Å². The van der Waals surface area contributed by atoms with Gasteiger partial charge in [0.2, 0.25) is 5.88 Å². The van der Waals surface area contributed by atoms with Gasteiger partial charge in [-0.1, -0.05) is 29.8 Å². The van der Waals surface area contributed by atoms with Gasteiger partial charge >= 0.3 is 0 Å². The second-order valence-corrected chi connectivity index (χ2v) is 4.62. The van der Waals surface area contributed by atoms with Crippen LogP contribution in [0.3, 0.4) is 0 Å². The molecule has 0 aliphatic carbocycles. The third kappa shape index (κ3) is 3.09. The van der Waals surface area contributed by atoms with Crippen molar-refractivity contribution in [3.05, 3.63) is 47.0 Å². The van der Waals surface area contributed by atoms with Crippen LogP contribution in [0.4, 0.5) is 11.5 Å². The van der Waals surface area contributed by atoms with Gasteiger partial charge in [0.1, 0.15) is 0 Å². The van der Waals surface area contributed by atoms with E-state index in [1.165, 1.54) is 0 Å². The van der Waals surface area contributed by atoms with Crippen LogP contribution in [-0.4, -0.2) is 19.1 Å². The van der Waals surface area contributed by atoms with E-state index in [9.17, 15) is 0 Å². The van der Waals surface area contributed by atoms with Crippen LogP contribution in [0.25, 0.3) is 0 Å². The van der Waals surface area contributed by atoms with E-state index in [0.717, 1.165) is 10.6 Å². The van der Waals surface area contributed by atoms with Crippen molar-refractivity contribution in [3.63, 3.8) is 0 Å². The highest BCUT2D eigenvalue weighted by Gasteiger charge is 2.10. The summed E-state index contributed by atoms with van der Waals surface area (Å²) in [6, 6.07) is 11.2. The fourth-order valence-electron chi connectivity index (χ4n) is 1.82. The number of benzene rings is 1. The van der Waals surface area contributed by atoms with Crippen LogP contribution in [0, 0.1) is 0 Å². The summed E-state index contributed by atoms with van der Waals surface area (Å²) in [4.78, 5) is 6.30. The molecule has 0 aliphatic rings. The van der Waals surface area contributed by atoms with Crippen LogP contribution in [0.15, 0.2) is 36.4 Å². The first-order valence-electron chi connectivity index (χ1n) is 5.87. The quantitative estimate of drug-likeness (QED) is 0.933. The number of methoxy groups -OCH3 is 1. The van der Waals surface area contributed by atoms with Gasteiger partial charge in [-0.25, -0.2) is 0 Å². The van der Waals surface area contributed by atoms with Gasteiger partial charge in [-0.05, 0) is 17.7 Å². The van der Waals surface area contributed by atoms with Gasteiger partial charge in [0.15, 0.2) is 5.82 Å². The molecule has 2 rings (SSSR count). The molecule has 0 bridgehead atoms. The number of nitrogens with zero attached hydrogens (tertiary/aromatic N) is 2. The van der Waals surface area contributed by atoms with E-state index in [1.54, 1.807) is 19.2 Å². The van der Waals surface area contributed by atoms with Crippen molar-refractivity contribution in [2.45, 2.75) is 6.54 Å². The smallest absolute Gasteiger partial charge is 0.215 e. The van der Waals surface area contributed by atoms with Crippen LogP contribution in [-0.2, 0) is 6.54 Å². The fraction of sp³-hybridized carbons (Fsp3) is 0.214. The molecule has 0 saturated carbocycles. The number of nitrogens with two attached hydrogens (primary N) is 1. The minimum Gasteiger partial charge on any atom is -0.481 e. The lowest BCUT2D eigenvalue weighted by Gasteiger charge is -2.21. The summed E-state index contributed by atoms with van der Waals surface area (Å²) in [6.45, 7) is 0.629. The summed E-state index contributed by atoms with van der Waals surface area (Å²) >= 11 is 6.15. The van der Waals surface area contributed by atoms with E-state index < -0.39 is 0 Å². The third-order valence-electron chi connectivity index (χ3n) is 2.82. The number of hydrogen-bond donors (Lipinski definition) is 1. The Morgan fingerprint density at radius 3 is 2.68 bits per heavy atom. The standard InChI is InChI=1S/C14H16ClN3O/c1-18(9-10-5-3-4-6-11(10)15)14-12(16)7-8-13(17-14)19-2/h3-8H,9,16H2,1-2H3. The average molecular weight is 278 g/mol. The van der Waals surface area contributed by atoms with E-state index in [2.05, 4.69) is 4.98 Å². The lowest BCUT2D eigenvalue weighted by Crippen LogP contribution is -2.19. The highest BCUT2D eigenvalue weighted by atomic mass is 35.5. The molecule has 2 aromatic rings. The Morgan fingerprint density at radius 2 is 2.00 bits per heavy atom. The lowest BCUT2D eigenvalue weighted by atomic mass is 10.2. The Balaban J connectivity index is 2.25. The van der Waals surface area contributed by atoms with Crippen molar-refractivity contribution < 1.29 is 4.74 Å². The molecule has 1 aromatic carbocycles. The maximum absolute atomic E-state index is 6.15. The number of pyridine rings is 1. The normalized spacial score (nSPS) is 10.3. The molecule has 0 fully saturated rings. The summed E-state index contributed by atoms with van der Waals surface area (Å²) in [5.74, 6) is 1.22. The first kappa shape index (κ1) is 13.5. The van der Waals surface area contributed by atoms with Crippen molar-refractivity contribution in [2.75, 3.05) is 24.8 Å². The number of rotatable bonds is 4. The van der Waals surface area contributed by atoms with E-state index >= 15 is 0 Å². The Kier molecular flexibility index (Phi) is 4.12. The molecule has 0 atom stereocenters. The van der Waals surface area contributed by atoms with Crippen molar-refractivity contribution in [1.82, 2.24) is 4.98 Å².